The van der Waals surface area contributed by atoms with Crippen LogP contribution in [0.3, 0.4) is 0 Å². The number of hydrogen-bond donors (Lipinski definition) is 0. The van der Waals surface area contributed by atoms with Crippen LogP contribution >= 0.6 is 12.4 Å². The first kappa shape index (κ1) is 20.1. The maximum Gasteiger partial charge on any atom is 0.184 e. The maximum absolute atomic E-state index is 13.0. The van der Waals surface area contributed by atoms with Gasteiger partial charge in [0.2, 0.25) is 0 Å². The first-order valence-corrected chi connectivity index (χ1v) is 10.2. The van der Waals surface area contributed by atoms with Crippen molar-refractivity contribution in [3.8, 4) is 5.69 Å². The summed E-state index contributed by atoms with van der Waals surface area (Å²) >= 11 is 0. The quantitative estimate of drug-likeness (QED) is 0.702. The molecule has 0 spiro atoms. The molecule has 1 aliphatic heterocycles. The summed E-state index contributed by atoms with van der Waals surface area (Å²) < 4.78 is 2.02. The molecule has 5 heteroatoms. The van der Waals surface area contributed by atoms with Crippen molar-refractivity contribution in [1.82, 2.24) is 14.7 Å². The largest absolute Gasteiger partial charge is 0.303 e. The zero-order valence-corrected chi connectivity index (χ0v) is 16.8. The van der Waals surface area contributed by atoms with Gasteiger partial charge in [-0.25, -0.2) is 4.68 Å². The van der Waals surface area contributed by atoms with Crippen LogP contribution in [0, 0.1) is 0 Å². The Kier molecular flexibility index (Phi) is 7.08. The number of rotatable bonds is 5. The third-order valence-electron chi connectivity index (χ3n) is 5.80. The highest BCUT2D eigenvalue weighted by Crippen LogP contribution is 2.27. The molecule has 2 aliphatic rings. The average Bonchev–Trinajstić information content (AvgIpc) is 2.88. The predicted octanol–water partition coefficient (Wildman–Crippen LogP) is 4.62. The van der Waals surface area contributed by atoms with Gasteiger partial charge >= 0.3 is 0 Å². The molecule has 1 aromatic carbocycles. The summed E-state index contributed by atoms with van der Waals surface area (Å²) in [4.78, 5) is 15.5. The Labute approximate surface area is 168 Å². The van der Waals surface area contributed by atoms with Crippen molar-refractivity contribution in [2.75, 3.05) is 19.6 Å². The fraction of sp³-hybridized carbons (Fsp3) is 0.545. The Morgan fingerprint density at radius 1 is 0.926 bits per heavy atom. The number of para-hydroxylation sites is 1. The molecule has 1 saturated heterocycles. The van der Waals surface area contributed by atoms with Crippen LogP contribution in [0.1, 0.15) is 66.7 Å². The van der Waals surface area contributed by atoms with Crippen molar-refractivity contribution in [1.29, 1.82) is 0 Å². The molecule has 2 aromatic rings. The minimum absolute atomic E-state index is 0. The minimum atomic E-state index is 0. The molecule has 0 bridgehead atoms. The van der Waals surface area contributed by atoms with E-state index in [1.165, 1.54) is 49.8 Å². The molecule has 4 nitrogen and oxygen atoms in total. The van der Waals surface area contributed by atoms with Crippen molar-refractivity contribution < 1.29 is 4.79 Å². The normalized spacial score (nSPS) is 17.6. The number of carbonyl (C=O) groups excluding carboxylic acids is 1. The highest BCUT2D eigenvalue weighted by molar-refractivity contribution is 5.96. The smallest absolute Gasteiger partial charge is 0.184 e. The van der Waals surface area contributed by atoms with Crippen LogP contribution in [0.2, 0.25) is 0 Å². The van der Waals surface area contributed by atoms with E-state index in [-0.39, 0.29) is 18.2 Å². The number of aromatic nitrogens is 2. The van der Waals surface area contributed by atoms with Crippen molar-refractivity contribution in [2.45, 2.75) is 57.8 Å². The van der Waals surface area contributed by atoms with E-state index in [4.69, 9.17) is 5.10 Å². The van der Waals surface area contributed by atoms with E-state index >= 15 is 0 Å². The van der Waals surface area contributed by atoms with Crippen LogP contribution in [0.25, 0.3) is 5.69 Å². The van der Waals surface area contributed by atoms with Gasteiger partial charge in [-0.1, -0.05) is 31.0 Å². The number of likely N-dealkylation sites (tertiary alicyclic amines) is 1. The van der Waals surface area contributed by atoms with Gasteiger partial charge in [0.1, 0.15) is 5.69 Å². The molecule has 0 atom stereocenters. The Morgan fingerprint density at radius 3 is 2.37 bits per heavy atom. The monoisotopic (exact) mass is 387 g/mol. The number of halogens is 1. The molecule has 0 N–H and O–H groups in total. The van der Waals surface area contributed by atoms with E-state index in [0.29, 0.717) is 6.42 Å². The number of benzene rings is 1. The lowest BCUT2D eigenvalue weighted by Gasteiger charge is -2.19. The second-order valence-corrected chi connectivity index (χ2v) is 7.66. The van der Waals surface area contributed by atoms with Gasteiger partial charge < -0.3 is 4.90 Å². The molecule has 1 fully saturated rings. The first-order valence-electron chi connectivity index (χ1n) is 10.2. The molecular weight excluding hydrogens is 358 g/mol. The number of hydrogen-bond acceptors (Lipinski definition) is 3. The standard InChI is InChI=1S/C22H29N3O.ClH/c26-21(14-17-24-15-8-1-2-9-16-24)22-19-12-6-7-13-20(19)25(23-22)18-10-4-3-5-11-18;/h3-5,10-11H,1-2,6-9,12-17H2;1H. The van der Waals surface area contributed by atoms with Crippen molar-refractivity contribution >= 4 is 18.2 Å². The lowest BCUT2D eigenvalue weighted by atomic mass is 9.94. The fourth-order valence-corrected chi connectivity index (χ4v) is 4.34. The molecule has 4 rings (SSSR count). The number of fused-ring (bicyclic) bond motifs is 1. The highest BCUT2D eigenvalue weighted by Gasteiger charge is 2.25. The summed E-state index contributed by atoms with van der Waals surface area (Å²) in [5.41, 5.74) is 4.26. The zero-order chi connectivity index (χ0) is 17.8. The maximum atomic E-state index is 13.0. The van der Waals surface area contributed by atoms with Crippen molar-refractivity contribution in [3.63, 3.8) is 0 Å². The summed E-state index contributed by atoms with van der Waals surface area (Å²) in [6, 6.07) is 10.2. The van der Waals surface area contributed by atoms with Crippen LogP contribution in [-0.2, 0) is 12.8 Å². The Hall–Kier alpha value is -1.65. The van der Waals surface area contributed by atoms with Crippen LogP contribution in [0.5, 0.6) is 0 Å². The summed E-state index contributed by atoms with van der Waals surface area (Å²) in [6.45, 7) is 3.17. The van der Waals surface area contributed by atoms with Crippen LogP contribution < -0.4 is 0 Å². The van der Waals surface area contributed by atoms with Crippen molar-refractivity contribution in [2.24, 2.45) is 0 Å². The number of carbonyl (C=O) groups is 1. The number of nitrogens with zero attached hydrogens (tertiary/aromatic N) is 3. The van der Waals surface area contributed by atoms with Gasteiger partial charge in [-0.2, -0.15) is 5.10 Å². The highest BCUT2D eigenvalue weighted by atomic mass is 35.5. The average molecular weight is 388 g/mol. The molecule has 0 radical (unpaired) electrons. The van der Waals surface area contributed by atoms with Gasteiger partial charge in [-0.05, 0) is 63.7 Å². The minimum Gasteiger partial charge on any atom is -0.303 e. The Morgan fingerprint density at radius 2 is 1.63 bits per heavy atom. The molecule has 1 aromatic heterocycles. The zero-order valence-electron chi connectivity index (χ0n) is 16.0. The van der Waals surface area contributed by atoms with Crippen LogP contribution in [-0.4, -0.2) is 40.1 Å². The number of ketones is 1. The molecule has 2 heterocycles. The van der Waals surface area contributed by atoms with E-state index in [1.807, 2.05) is 22.9 Å². The van der Waals surface area contributed by atoms with Crippen molar-refractivity contribution in [3.05, 3.63) is 47.3 Å². The first-order chi connectivity index (χ1) is 12.8. The van der Waals surface area contributed by atoms with Gasteiger partial charge in [0.15, 0.2) is 5.78 Å². The Balaban J connectivity index is 0.00000210. The predicted molar refractivity (Wildman–Crippen MR) is 111 cm³/mol. The van der Waals surface area contributed by atoms with E-state index < -0.39 is 0 Å². The molecule has 0 unspecified atom stereocenters. The lowest BCUT2D eigenvalue weighted by Crippen LogP contribution is -2.27. The third kappa shape index (κ3) is 4.61. The topological polar surface area (TPSA) is 38.1 Å². The van der Waals surface area contributed by atoms with E-state index in [9.17, 15) is 4.79 Å². The van der Waals surface area contributed by atoms with Gasteiger partial charge in [-0.3, -0.25) is 4.79 Å². The van der Waals surface area contributed by atoms with E-state index in [0.717, 1.165) is 43.9 Å². The van der Waals surface area contributed by atoms with Gasteiger partial charge in [0, 0.05) is 24.2 Å². The second-order valence-electron chi connectivity index (χ2n) is 7.66. The number of Topliss-reactive ketones (excluding diaryl/α,β-unsaturated/α-hetero) is 1. The van der Waals surface area contributed by atoms with E-state index in [1.54, 1.807) is 0 Å². The van der Waals surface area contributed by atoms with Gasteiger partial charge in [-0.15, -0.1) is 12.4 Å². The molecule has 146 valence electrons. The second kappa shape index (κ2) is 9.52. The summed E-state index contributed by atoms with van der Waals surface area (Å²) in [7, 11) is 0. The third-order valence-corrected chi connectivity index (χ3v) is 5.80. The SMILES string of the molecule is Cl.O=C(CCN1CCCCCC1)c1nn(-c2ccccc2)c2c1CCCC2. The Bertz CT molecular complexity index is 748. The summed E-state index contributed by atoms with van der Waals surface area (Å²) in [5, 5.41) is 4.79. The summed E-state index contributed by atoms with van der Waals surface area (Å²) in [6.07, 6.45) is 10.2. The fourth-order valence-electron chi connectivity index (χ4n) is 4.34. The van der Waals surface area contributed by atoms with Crippen LogP contribution in [0.4, 0.5) is 0 Å². The van der Waals surface area contributed by atoms with Crippen LogP contribution in [0.15, 0.2) is 30.3 Å². The molecular formula is C22H30ClN3O. The summed E-state index contributed by atoms with van der Waals surface area (Å²) in [5.74, 6) is 0.224. The van der Waals surface area contributed by atoms with Gasteiger partial charge in [0.05, 0.1) is 5.69 Å². The van der Waals surface area contributed by atoms with Gasteiger partial charge in [0.25, 0.3) is 0 Å². The molecule has 0 amide bonds. The molecule has 1 aliphatic carbocycles. The lowest BCUT2D eigenvalue weighted by molar-refractivity contribution is 0.0958. The van der Waals surface area contributed by atoms with E-state index in [2.05, 4.69) is 17.0 Å². The molecule has 0 saturated carbocycles. The molecule has 27 heavy (non-hydrogen) atoms.